The van der Waals surface area contributed by atoms with Gasteiger partial charge in [-0.2, -0.15) is 0 Å². The van der Waals surface area contributed by atoms with Crippen molar-refractivity contribution in [2.45, 2.75) is 51.6 Å². The number of amides is 2. The van der Waals surface area contributed by atoms with Gasteiger partial charge in [-0.1, -0.05) is 0 Å². The van der Waals surface area contributed by atoms with Crippen molar-refractivity contribution in [3.05, 3.63) is 27.8 Å². The lowest BCUT2D eigenvalue weighted by molar-refractivity contribution is -0.386. The summed E-state index contributed by atoms with van der Waals surface area (Å²) in [6.07, 6.45) is -0.417. The Hall–Kier alpha value is -3.74. The molecule has 0 aromatic heterocycles. The number of imide groups is 1. The van der Waals surface area contributed by atoms with Crippen LogP contribution < -0.4 is 15.2 Å². The van der Waals surface area contributed by atoms with Crippen molar-refractivity contribution in [1.29, 1.82) is 0 Å². The minimum atomic E-state index is -0.917. The van der Waals surface area contributed by atoms with Gasteiger partial charge in [0.05, 0.1) is 36.7 Å². The van der Waals surface area contributed by atoms with E-state index in [9.17, 15) is 29.3 Å². The number of nitro groups is 1. The Morgan fingerprint density at radius 3 is 2.35 bits per heavy atom. The predicted molar refractivity (Wildman–Crippen MR) is 114 cm³/mol. The Labute approximate surface area is 195 Å². The fourth-order valence-electron chi connectivity index (χ4n) is 3.09. The van der Waals surface area contributed by atoms with Gasteiger partial charge in [-0.15, -0.1) is 5.06 Å². The first-order valence-electron chi connectivity index (χ1n) is 10.6. The topological polar surface area (TPSA) is 178 Å². The summed E-state index contributed by atoms with van der Waals surface area (Å²) in [6.45, 7) is 1.79. The van der Waals surface area contributed by atoms with Gasteiger partial charge in [-0.3, -0.25) is 24.5 Å². The molecular weight excluding hydrogens is 454 g/mol. The van der Waals surface area contributed by atoms with E-state index in [-0.39, 0.29) is 61.5 Å². The molecule has 2 rings (SSSR count). The van der Waals surface area contributed by atoms with E-state index < -0.39 is 34.8 Å². The molecule has 1 saturated heterocycles. The second-order valence-electron chi connectivity index (χ2n) is 7.34. The summed E-state index contributed by atoms with van der Waals surface area (Å²) in [6, 6.07) is 2.51. The molecule has 186 valence electrons. The zero-order valence-corrected chi connectivity index (χ0v) is 18.9. The zero-order chi connectivity index (χ0) is 25.3. The van der Waals surface area contributed by atoms with Crippen LogP contribution in [0.3, 0.4) is 0 Å². The molecule has 0 saturated carbocycles. The quantitative estimate of drug-likeness (QED) is 0.143. The molecule has 1 aliphatic heterocycles. The second kappa shape index (κ2) is 12.5. The number of benzene rings is 1. The summed E-state index contributed by atoms with van der Waals surface area (Å²) in [5.41, 5.74) is 5.16. The van der Waals surface area contributed by atoms with Crippen LogP contribution >= 0.6 is 0 Å². The molecule has 1 fully saturated rings. The Kier molecular flexibility index (Phi) is 9.74. The van der Waals surface area contributed by atoms with Crippen molar-refractivity contribution in [3.8, 4) is 11.5 Å². The van der Waals surface area contributed by atoms with Gasteiger partial charge >= 0.3 is 11.9 Å². The van der Waals surface area contributed by atoms with Gasteiger partial charge in [0.2, 0.25) is 0 Å². The number of methoxy groups -OCH3 is 1. The number of hydrogen-bond donors (Lipinski definition) is 1. The predicted octanol–water partition coefficient (Wildman–Crippen LogP) is 1.71. The van der Waals surface area contributed by atoms with Crippen LogP contribution in [-0.2, 0) is 28.8 Å². The zero-order valence-electron chi connectivity index (χ0n) is 18.9. The monoisotopic (exact) mass is 481 g/mol. The van der Waals surface area contributed by atoms with Crippen LogP contribution in [0.5, 0.6) is 11.5 Å². The lowest BCUT2D eigenvalue weighted by atomic mass is 10.1. The summed E-state index contributed by atoms with van der Waals surface area (Å²) >= 11 is 0. The fraction of sp³-hybridized carbons (Fsp3) is 0.524. The Bertz CT molecular complexity index is 933. The highest BCUT2D eigenvalue weighted by atomic mass is 16.7. The summed E-state index contributed by atoms with van der Waals surface area (Å²) in [4.78, 5) is 62.4. The molecular formula is C21H27N3O10. The summed E-state index contributed by atoms with van der Waals surface area (Å²) in [5.74, 6) is -2.25. The third-order valence-corrected chi connectivity index (χ3v) is 4.82. The van der Waals surface area contributed by atoms with Crippen LogP contribution in [0.15, 0.2) is 12.1 Å². The lowest BCUT2D eigenvalue weighted by Crippen LogP contribution is -2.32. The van der Waals surface area contributed by atoms with E-state index in [4.69, 9.17) is 24.8 Å². The Balaban J connectivity index is 2.00. The van der Waals surface area contributed by atoms with Gasteiger partial charge in [-0.05, 0) is 32.4 Å². The van der Waals surface area contributed by atoms with Crippen molar-refractivity contribution < 1.29 is 43.1 Å². The number of carbonyl (C=O) groups excluding carboxylic acids is 4. The third kappa shape index (κ3) is 7.13. The Morgan fingerprint density at radius 2 is 1.76 bits per heavy atom. The number of nitrogens with two attached hydrogens (primary N) is 1. The number of nitro benzene ring substituents is 1. The number of esters is 1. The highest BCUT2D eigenvalue weighted by molar-refractivity contribution is 6.01. The molecule has 1 aromatic rings. The fourth-order valence-corrected chi connectivity index (χ4v) is 3.09. The molecule has 1 atom stereocenters. The van der Waals surface area contributed by atoms with E-state index in [0.717, 1.165) is 6.07 Å². The van der Waals surface area contributed by atoms with Gasteiger partial charge in [-0.25, -0.2) is 4.79 Å². The van der Waals surface area contributed by atoms with E-state index in [2.05, 4.69) is 0 Å². The number of carbonyl (C=O) groups is 4. The molecule has 0 bridgehead atoms. The van der Waals surface area contributed by atoms with E-state index in [1.54, 1.807) is 0 Å². The number of nitrogens with zero attached hydrogens (tertiary/aromatic N) is 2. The third-order valence-electron chi connectivity index (χ3n) is 4.82. The molecule has 0 radical (unpaired) electrons. The second-order valence-corrected chi connectivity index (χ2v) is 7.34. The van der Waals surface area contributed by atoms with Crippen LogP contribution in [0, 0.1) is 10.1 Å². The molecule has 13 nitrogen and oxygen atoms in total. The number of hydroxylamine groups is 2. The van der Waals surface area contributed by atoms with Crippen LogP contribution in [-0.4, -0.2) is 54.0 Å². The van der Waals surface area contributed by atoms with Crippen molar-refractivity contribution >= 4 is 29.4 Å². The molecule has 34 heavy (non-hydrogen) atoms. The first-order valence-corrected chi connectivity index (χ1v) is 10.6. The summed E-state index contributed by atoms with van der Waals surface area (Å²) < 4.78 is 16.1. The molecule has 13 heteroatoms. The van der Waals surface area contributed by atoms with E-state index in [1.165, 1.54) is 20.1 Å². The average Bonchev–Trinajstić information content (AvgIpc) is 3.11. The molecule has 2 amide bonds. The van der Waals surface area contributed by atoms with Crippen LogP contribution in [0.2, 0.25) is 0 Å². The molecule has 1 aliphatic rings. The van der Waals surface area contributed by atoms with Crippen LogP contribution in [0.1, 0.15) is 57.1 Å². The average molecular weight is 481 g/mol. The molecule has 0 aliphatic carbocycles. The van der Waals surface area contributed by atoms with E-state index in [0.29, 0.717) is 18.0 Å². The molecule has 0 spiro atoms. The van der Waals surface area contributed by atoms with Crippen LogP contribution in [0.25, 0.3) is 0 Å². The van der Waals surface area contributed by atoms with Gasteiger partial charge in [0.15, 0.2) is 11.5 Å². The maximum absolute atomic E-state index is 11.9. The van der Waals surface area contributed by atoms with E-state index >= 15 is 0 Å². The number of ether oxygens (including phenoxy) is 3. The first kappa shape index (κ1) is 26.5. The van der Waals surface area contributed by atoms with Crippen molar-refractivity contribution in [1.82, 2.24) is 5.06 Å². The van der Waals surface area contributed by atoms with Gasteiger partial charge in [0, 0.05) is 19.3 Å². The van der Waals surface area contributed by atoms with Crippen molar-refractivity contribution in [2.24, 2.45) is 5.73 Å². The first-order chi connectivity index (χ1) is 16.2. The van der Waals surface area contributed by atoms with Gasteiger partial charge in [0.1, 0.15) is 6.10 Å². The summed E-state index contributed by atoms with van der Waals surface area (Å²) in [7, 11) is 1.34. The van der Waals surface area contributed by atoms with Gasteiger partial charge in [0.25, 0.3) is 17.5 Å². The van der Waals surface area contributed by atoms with Crippen LogP contribution in [0.4, 0.5) is 5.69 Å². The molecule has 1 heterocycles. The largest absolute Gasteiger partial charge is 0.493 e. The lowest BCUT2D eigenvalue weighted by Gasteiger charge is -2.17. The number of hydrogen-bond acceptors (Lipinski definition) is 11. The molecule has 2 N–H and O–H groups in total. The van der Waals surface area contributed by atoms with E-state index in [1.807, 2.05) is 0 Å². The highest BCUT2D eigenvalue weighted by Crippen LogP contribution is 2.38. The van der Waals surface area contributed by atoms with Crippen molar-refractivity contribution in [2.75, 3.05) is 20.3 Å². The SMILES string of the molecule is COc1cc(C(C)OC(=O)CCCN)c([N+](=O)[O-])cc1OCCCC(=O)ON1C(=O)CCC1=O. The molecule has 1 aromatic carbocycles. The van der Waals surface area contributed by atoms with Crippen molar-refractivity contribution in [3.63, 3.8) is 0 Å². The minimum absolute atomic E-state index is 0.00465. The minimum Gasteiger partial charge on any atom is -0.493 e. The highest BCUT2D eigenvalue weighted by Gasteiger charge is 2.32. The Morgan fingerprint density at radius 1 is 1.12 bits per heavy atom. The standard InChI is InChI=1S/C21H27N3O10/c1-13(33-20(27)5-3-9-22)14-11-16(31-2)17(12-15(14)24(29)30)32-10-4-6-21(28)34-23-18(25)7-8-19(23)26/h11-13H,3-10,22H2,1-2H3. The smallest absolute Gasteiger partial charge is 0.333 e. The number of rotatable bonds is 13. The summed E-state index contributed by atoms with van der Waals surface area (Å²) in [5, 5.41) is 12.1. The van der Waals surface area contributed by atoms with Gasteiger partial charge < -0.3 is 24.8 Å². The molecule has 1 unspecified atom stereocenters. The maximum Gasteiger partial charge on any atom is 0.333 e. The maximum atomic E-state index is 11.9. The normalized spacial score (nSPS) is 14.0.